The number of carbonyl (C=O) groups excluding carboxylic acids is 1. The molecule has 0 aliphatic carbocycles. The number of fused-ring (bicyclic) bond motifs is 1. The van der Waals surface area contributed by atoms with Crippen LogP contribution >= 0.6 is 0 Å². The van der Waals surface area contributed by atoms with Crippen LogP contribution in [0.3, 0.4) is 0 Å². The van der Waals surface area contributed by atoms with Crippen molar-refractivity contribution < 1.29 is 9.18 Å². The SMILES string of the molecule is CN(C)CCCNC(=O)Cn1c(=O)[nH]c2cc(F)ccc21. The molecular weight excluding hydrogens is 275 g/mol. The monoisotopic (exact) mass is 294 g/mol. The largest absolute Gasteiger partial charge is 0.354 e. The average Bonchev–Trinajstić information content (AvgIpc) is 2.70. The Morgan fingerprint density at radius 2 is 2.19 bits per heavy atom. The van der Waals surface area contributed by atoms with E-state index in [-0.39, 0.29) is 12.5 Å². The van der Waals surface area contributed by atoms with Crippen LogP contribution in [-0.4, -0.2) is 47.5 Å². The van der Waals surface area contributed by atoms with Gasteiger partial charge in [-0.3, -0.25) is 9.36 Å². The number of aromatic amines is 1. The van der Waals surface area contributed by atoms with Crippen molar-refractivity contribution in [2.45, 2.75) is 13.0 Å². The number of halogens is 1. The van der Waals surface area contributed by atoms with Gasteiger partial charge >= 0.3 is 5.69 Å². The maximum atomic E-state index is 13.1. The van der Waals surface area contributed by atoms with E-state index in [9.17, 15) is 14.0 Å². The summed E-state index contributed by atoms with van der Waals surface area (Å²) in [4.78, 5) is 28.2. The molecule has 21 heavy (non-hydrogen) atoms. The molecule has 0 fully saturated rings. The highest BCUT2D eigenvalue weighted by Crippen LogP contribution is 2.11. The minimum absolute atomic E-state index is 0.0770. The van der Waals surface area contributed by atoms with Crippen molar-refractivity contribution in [3.05, 3.63) is 34.5 Å². The van der Waals surface area contributed by atoms with Gasteiger partial charge < -0.3 is 15.2 Å². The quantitative estimate of drug-likeness (QED) is 0.764. The molecule has 0 radical (unpaired) electrons. The summed E-state index contributed by atoms with van der Waals surface area (Å²) >= 11 is 0. The van der Waals surface area contributed by atoms with Crippen molar-refractivity contribution in [1.29, 1.82) is 0 Å². The van der Waals surface area contributed by atoms with Crippen LogP contribution in [0.2, 0.25) is 0 Å². The first-order valence-corrected chi connectivity index (χ1v) is 6.77. The zero-order valence-electron chi connectivity index (χ0n) is 12.1. The van der Waals surface area contributed by atoms with E-state index in [0.29, 0.717) is 17.6 Å². The minimum atomic E-state index is -0.427. The second-order valence-corrected chi connectivity index (χ2v) is 5.18. The van der Waals surface area contributed by atoms with Crippen LogP contribution in [0.1, 0.15) is 6.42 Å². The fraction of sp³-hybridized carbons (Fsp3) is 0.429. The average molecular weight is 294 g/mol. The standard InChI is InChI=1S/C14H19FN4O2/c1-18(2)7-3-6-16-13(20)9-19-12-5-4-10(15)8-11(12)17-14(19)21/h4-5,8H,3,6-7,9H2,1-2H3,(H,16,20)(H,17,21). The number of hydrogen-bond acceptors (Lipinski definition) is 3. The third-order valence-corrected chi connectivity index (χ3v) is 3.14. The normalized spacial score (nSPS) is 11.2. The molecule has 1 aromatic carbocycles. The van der Waals surface area contributed by atoms with E-state index in [0.717, 1.165) is 13.0 Å². The second kappa shape index (κ2) is 6.53. The molecule has 0 aliphatic rings. The van der Waals surface area contributed by atoms with E-state index in [4.69, 9.17) is 0 Å². The highest BCUT2D eigenvalue weighted by molar-refractivity contribution is 5.80. The number of aromatic nitrogens is 2. The molecule has 2 aromatic rings. The lowest BCUT2D eigenvalue weighted by atomic mass is 10.3. The topological polar surface area (TPSA) is 70.1 Å². The Bertz CT molecular complexity index is 690. The summed E-state index contributed by atoms with van der Waals surface area (Å²) in [6, 6.07) is 3.99. The number of hydrogen-bond donors (Lipinski definition) is 2. The molecule has 0 atom stereocenters. The van der Waals surface area contributed by atoms with E-state index >= 15 is 0 Å². The predicted molar refractivity (Wildman–Crippen MR) is 78.7 cm³/mol. The first-order valence-electron chi connectivity index (χ1n) is 6.77. The molecule has 1 amide bonds. The summed E-state index contributed by atoms with van der Waals surface area (Å²) in [7, 11) is 3.93. The van der Waals surface area contributed by atoms with Crippen molar-refractivity contribution >= 4 is 16.9 Å². The van der Waals surface area contributed by atoms with Crippen LogP contribution in [0.4, 0.5) is 4.39 Å². The maximum absolute atomic E-state index is 13.1. The van der Waals surface area contributed by atoms with Gasteiger partial charge in [0.25, 0.3) is 0 Å². The number of carbonyl (C=O) groups is 1. The van der Waals surface area contributed by atoms with Crippen LogP contribution < -0.4 is 11.0 Å². The number of imidazole rings is 1. The molecule has 0 spiro atoms. The number of benzene rings is 1. The zero-order chi connectivity index (χ0) is 15.4. The smallest absolute Gasteiger partial charge is 0.326 e. The predicted octanol–water partition coefficient (Wildman–Crippen LogP) is 0.537. The van der Waals surface area contributed by atoms with Gasteiger partial charge in [-0.25, -0.2) is 9.18 Å². The highest BCUT2D eigenvalue weighted by Gasteiger charge is 2.10. The van der Waals surface area contributed by atoms with Crippen LogP contribution in [0.5, 0.6) is 0 Å². The molecule has 7 heteroatoms. The lowest BCUT2D eigenvalue weighted by molar-refractivity contribution is -0.121. The summed E-state index contributed by atoms with van der Waals surface area (Å²) in [5.74, 6) is -0.662. The van der Waals surface area contributed by atoms with Gasteiger partial charge in [-0.15, -0.1) is 0 Å². The van der Waals surface area contributed by atoms with Gasteiger partial charge in [0.15, 0.2) is 0 Å². The van der Waals surface area contributed by atoms with E-state index in [1.165, 1.54) is 22.8 Å². The molecule has 114 valence electrons. The number of rotatable bonds is 6. The first-order chi connectivity index (χ1) is 9.97. The Morgan fingerprint density at radius 3 is 2.90 bits per heavy atom. The van der Waals surface area contributed by atoms with Gasteiger partial charge in [0.2, 0.25) is 5.91 Å². The summed E-state index contributed by atoms with van der Waals surface area (Å²) in [6.07, 6.45) is 0.840. The lowest BCUT2D eigenvalue weighted by Gasteiger charge is -2.10. The number of H-pyrrole nitrogens is 1. The molecule has 0 saturated carbocycles. The lowest BCUT2D eigenvalue weighted by Crippen LogP contribution is -2.32. The Hall–Kier alpha value is -2.15. The fourth-order valence-electron chi connectivity index (χ4n) is 2.12. The first kappa shape index (κ1) is 15.2. The fourth-order valence-corrected chi connectivity index (χ4v) is 2.12. The molecule has 1 heterocycles. The van der Waals surface area contributed by atoms with Gasteiger partial charge in [0, 0.05) is 6.54 Å². The van der Waals surface area contributed by atoms with Crippen LogP contribution in [0.15, 0.2) is 23.0 Å². The summed E-state index contributed by atoms with van der Waals surface area (Å²) in [5.41, 5.74) is 0.490. The minimum Gasteiger partial charge on any atom is -0.354 e. The molecule has 6 nitrogen and oxygen atoms in total. The molecule has 0 unspecified atom stereocenters. The van der Waals surface area contributed by atoms with Crippen molar-refractivity contribution in [2.75, 3.05) is 27.2 Å². The molecule has 1 aromatic heterocycles. The zero-order valence-corrected chi connectivity index (χ0v) is 12.1. The van der Waals surface area contributed by atoms with Gasteiger partial charge in [0.1, 0.15) is 12.4 Å². The molecule has 2 N–H and O–H groups in total. The van der Waals surface area contributed by atoms with E-state index in [1.54, 1.807) is 0 Å². The Morgan fingerprint density at radius 1 is 1.43 bits per heavy atom. The Labute approximate surface area is 121 Å². The van der Waals surface area contributed by atoms with Gasteiger partial charge in [-0.05, 0) is 45.3 Å². The molecule has 0 saturated heterocycles. The van der Waals surface area contributed by atoms with Crippen molar-refractivity contribution in [3.63, 3.8) is 0 Å². The van der Waals surface area contributed by atoms with Crippen molar-refractivity contribution in [3.8, 4) is 0 Å². The van der Waals surface area contributed by atoms with Crippen molar-refractivity contribution in [2.24, 2.45) is 0 Å². The van der Waals surface area contributed by atoms with Crippen molar-refractivity contribution in [1.82, 2.24) is 19.8 Å². The van der Waals surface area contributed by atoms with E-state index in [2.05, 4.69) is 10.3 Å². The maximum Gasteiger partial charge on any atom is 0.326 e. The Balaban J connectivity index is 2.01. The highest BCUT2D eigenvalue weighted by atomic mass is 19.1. The van der Waals surface area contributed by atoms with E-state index in [1.807, 2.05) is 19.0 Å². The third-order valence-electron chi connectivity index (χ3n) is 3.14. The van der Waals surface area contributed by atoms with E-state index < -0.39 is 11.5 Å². The van der Waals surface area contributed by atoms with Gasteiger partial charge in [-0.1, -0.05) is 0 Å². The number of nitrogens with one attached hydrogen (secondary N) is 2. The number of nitrogens with zero attached hydrogens (tertiary/aromatic N) is 2. The van der Waals surface area contributed by atoms with Crippen LogP contribution in [0, 0.1) is 5.82 Å². The summed E-state index contributed by atoms with van der Waals surface area (Å²) < 4.78 is 14.4. The second-order valence-electron chi connectivity index (χ2n) is 5.18. The summed E-state index contributed by atoms with van der Waals surface area (Å²) in [6.45, 7) is 1.36. The van der Waals surface area contributed by atoms with Gasteiger partial charge in [-0.2, -0.15) is 0 Å². The van der Waals surface area contributed by atoms with Crippen LogP contribution in [-0.2, 0) is 11.3 Å². The molecular formula is C14H19FN4O2. The Kier molecular flexibility index (Phi) is 4.74. The number of amides is 1. The molecule has 0 aliphatic heterocycles. The third kappa shape index (κ3) is 3.91. The van der Waals surface area contributed by atoms with Crippen LogP contribution in [0.25, 0.3) is 11.0 Å². The summed E-state index contributed by atoms with van der Waals surface area (Å²) in [5, 5.41) is 2.77. The molecule has 2 rings (SSSR count). The molecule has 0 bridgehead atoms. The van der Waals surface area contributed by atoms with Gasteiger partial charge in [0.05, 0.1) is 11.0 Å².